The van der Waals surface area contributed by atoms with Crippen molar-refractivity contribution in [1.82, 2.24) is 4.90 Å². The van der Waals surface area contributed by atoms with Gasteiger partial charge in [0.25, 0.3) is 0 Å². The standard InChI is InChI=1S/C20H18FNO2/c1-22-19(24)13-16(14-7-3-2-4-8-14)20(22)18(23)12-11-15-9-5-6-10-17(15)21/h2-10,16,18,20,23H,13H2,1H3/t16-,18-,20-/m1/s1. The van der Waals surface area contributed by atoms with Crippen LogP contribution >= 0.6 is 0 Å². The SMILES string of the molecule is CN1C(=O)C[C@H](c2ccccc2)[C@@H]1[C@H](O)C#Cc1ccccc1F. The van der Waals surface area contributed by atoms with Gasteiger partial charge < -0.3 is 10.0 Å². The lowest BCUT2D eigenvalue weighted by molar-refractivity contribution is -0.128. The summed E-state index contributed by atoms with van der Waals surface area (Å²) in [5.41, 5.74) is 1.23. The second kappa shape index (κ2) is 6.86. The van der Waals surface area contributed by atoms with E-state index in [0.29, 0.717) is 6.42 Å². The van der Waals surface area contributed by atoms with Crippen molar-refractivity contribution >= 4 is 5.91 Å². The molecule has 0 unspecified atom stereocenters. The molecule has 1 aliphatic rings. The van der Waals surface area contributed by atoms with Gasteiger partial charge >= 0.3 is 0 Å². The van der Waals surface area contributed by atoms with E-state index in [9.17, 15) is 14.3 Å². The quantitative estimate of drug-likeness (QED) is 0.863. The lowest BCUT2D eigenvalue weighted by Gasteiger charge is -2.27. The number of carbonyl (C=O) groups is 1. The van der Waals surface area contributed by atoms with Gasteiger partial charge in [0.05, 0.1) is 11.6 Å². The Balaban J connectivity index is 1.88. The van der Waals surface area contributed by atoms with Crippen LogP contribution in [-0.2, 0) is 4.79 Å². The normalized spacial score (nSPS) is 21.3. The maximum atomic E-state index is 13.6. The zero-order chi connectivity index (χ0) is 17.1. The molecule has 3 atom stereocenters. The van der Waals surface area contributed by atoms with Crippen molar-refractivity contribution in [3.8, 4) is 11.8 Å². The third-order valence-electron chi connectivity index (χ3n) is 4.43. The van der Waals surface area contributed by atoms with E-state index >= 15 is 0 Å². The molecule has 1 amide bonds. The van der Waals surface area contributed by atoms with Crippen LogP contribution in [0.15, 0.2) is 54.6 Å². The van der Waals surface area contributed by atoms with Crippen LogP contribution in [0.5, 0.6) is 0 Å². The van der Waals surface area contributed by atoms with Crippen LogP contribution < -0.4 is 0 Å². The molecule has 1 saturated heterocycles. The van der Waals surface area contributed by atoms with E-state index in [1.807, 2.05) is 30.3 Å². The molecule has 3 rings (SSSR count). The number of amides is 1. The summed E-state index contributed by atoms with van der Waals surface area (Å²) in [6.07, 6.45) is -0.713. The number of hydrogen-bond acceptors (Lipinski definition) is 2. The van der Waals surface area contributed by atoms with E-state index in [4.69, 9.17) is 0 Å². The van der Waals surface area contributed by atoms with Gasteiger partial charge in [0.1, 0.15) is 11.9 Å². The van der Waals surface area contributed by atoms with Crippen LogP contribution in [0, 0.1) is 17.7 Å². The molecule has 0 spiro atoms. The lowest BCUT2D eigenvalue weighted by atomic mass is 9.88. The average molecular weight is 323 g/mol. The van der Waals surface area contributed by atoms with Gasteiger partial charge in [0.2, 0.25) is 5.91 Å². The molecule has 1 heterocycles. The molecular weight excluding hydrogens is 305 g/mol. The Morgan fingerprint density at radius 3 is 2.54 bits per heavy atom. The predicted molar refractivity (Wildman–Crippen MR) is 89.6 cm³/mol. The number of benzene rings is 2. The van der Waals surface area contributed by atoms with Crippen molar-refractivity contribution in [2.24, 2.45) is 0 Å². The summed E-state index contributed by atoms with van der Waals surface area (Å²) in [4.78, 5) is 13.6. The molecular formula is C20H18FNO2. The van der Waals surface area contributed by atoms with Crippen molar-refractivity contribution in [1.29, 1.82) is 0 Å². The van der Waals surface area contributed by atoms with Crippen LogP contribution in [-0.4, -0.2) is 35.1 Å². The van der Waals surface area contributed by atoms with Crippen LogP contribution in [0.3, 0.4) is 0 Å². The fraction of sp³-hybridized carbons (Fsp3) is 0.250. The van der Waals surface area contributed by atoms with E-state index < -0.39 is 18.0 Å². The van der Waals surface area contributed by atoms with Crippen molar-refractivity contribution in [3.63, 3.8) is 0 Å². The van der Waals surface area contributed by atoms with Crippen LogP contribution in [0.2, 0.25) is 0 Å². The number of carbonyl (C=O) groups excluding carboxylic acids is 1. The summed E-state index contributed by atoms with van der Waals surface area (Å²) >= 11 is 0. The number of nitrogens with zero attached hydrogens (tertiary/aromatic N) is 1. The number of hydrogen-bond donors (Lipinski definition) is 1. The molecule has 0 aromatic heterocycles. The zero-order valence-corrected chi connectivity index (χ0v) is 13.3. The second-order valence-electron chi connectivity index (χ2n) is 5.91. The average Bonchev–Trinajstić information content (AvgIpc) is 2.90. The predicted octanol–water partition coefficient (Wildman–Crippen LogP) is 2.55. The van der Waals surface area contributed by atoms with Crippen LogP contribution in [0.25, 0.3) is 0 Å². The third kappa shape index (κ3) is 3.17. The van der Waals surface area contributed by atoms with Crippen molar-refractivity contribution in [2.75, 3.05) is 7.05 Å². The summed E-state index contributed by atoms with van der Waals surface area (Å²) < 4.78 is 13.6. The zero-order valence-electron chi connectivity index (χ0n) is 13.3. The largest absolute Gasteiger partial charge is 0.378 e. The minimum absolute atomic E-state index is 0.0272. The van der Waals surface area contributed by atoms with Gasteiger partial charge in [-0.25, -0.2) is 4.39 Å². The fourth-order valence-corrected chi connectivity index (χ4v) is 3.14. The van der Waals surface area contributed by atoms with E-state index in [-0.39, 0.29) is 17.4 Å². The molecule has 0 radical (unpaired) electrons. The molecule has 2 aromatic rings. The molecule has 1 fully saturated rings. The number of likely N-dealkylation sites (tertiary alicyclic amines) is 1. The summed E-state index contributed by atoms with van der Waals surface area (Å²) in [7, 11) is 1.67. The Morgan fingerprint density at radius 2 is 1.83 bits per heavy atom. The first-order chi connectivity index (χ1) is 11.6. The molecule has 122 valence electrons. The molecule has 4 heteroatoms. The van der Waals surface area contributed by atoms with Crippen molar-refractivity contribution < 1.29 is 14.3 Å². The van der Waals surface area contributed by atoms with Gasteiger partial charge in [-0.2, -0.15) is 0 Å². The van der Waals surface area contributed by atoms with Gasteiger partial charge in [-0.1, -0.05) is 54.3 Å². The van der Waals surface area contributed by atoms with Gasteiger partial charge in [-0.3, -0.25) is 4.79 Å². The smallest absolute Gasteiger partial charge is 0.223 e. The highest BCUT2D eigenvalue weighted by Crippen LogP contribution is 2.35. The maximum absolute atomic E-state index is 13.6. The molecule has 0 bridgehead atoms. The maximum Gasteiger partial charge on any atom is 0.223 e. The minimum atomic E-state index is -1.05. The Bertz CT molecular complexity index is 794. The van der Waals surface area contributed by atoms with Gasteiger partial charge in [0, 0.05) is 19.4 Å². The highest BCUT2D eigenvalue weighted by atomic mass is 19.1. The van der Waals surface area contributed by atoms with Gasteiger partial charge in [-0.15, -0.1) is 0 Å². The summed E-state index contributed by atoms with van der Waals surface area (Å²) in [6, 6.07) is 15.3. The van der Waals surface area contributed by atoms with E-state index in [0.717, 1.165) is 5.56 Å². The fourth-order valence-electron chi connectivity index (χ4n) is 3.14. The van der Waals surface area contributed by atoms with Crippen molar-refractivity contribution in [2.45, 2.75) is 24.5 Å². The summed E-state index contributed by atoms with van der Waals surface area (Å²) in [6.45, 7) is 0. The first-order valence-electron chi connectivity index (χ1n) is 7.82. The first-order valence-corrected chi connectivity index (χ1v) is 7.82. The molecule has 1 aliphatic heterocycles. The highest BCUT2D eigenvalue weighted by molar-refractivity contribution is 5.80. The minimum Gasteiger partial charge on any atom is -0.378 e. The molecule has 3 nitrogen and oxygen atoms in total. The Morgan fingerprint density at radius 1 is 1.17 bits per heavy atom. The number of likely N-dealkylation sites (N-methyl/N-ethyl adjacent to an activating group) is 1. The van der Waals surface area contributed by atoms with E-state index in [2.05, 4.69) is 11.8 Å². The number of aliphatic hydroxyl groups excluding tert-OH is 1. The van der Waals surface area contributed by atoms with E-state index in [1.165, 1.54) is 6.07 Å². The summed E-state index contributed by atoms with van der Waals surface area (Å²) in [5, 5.41) is 10.5. The van der Waals surface area contributed by atoms with Crippen LogP contribution in [0.1, 0.15) is 23.5 Å². The van der Waals surface area contributed by atoms with Gasteiger partial charge in [0.15, 0.2) is 0 Å². The van der Waals surface area contributed by atoms with Gasteiger partial charge in [-0.05, 0) is 17.7 Å². The monoisotopic (exact) mass is 323 g/mol. The molecule has 2 aromatic carbocycles. The highest BCUT2D eigenvalue weighted by Gasteiger charge is 2.41. The summed E-state index contributed by atoms with van der Waals surface area (Å²) in [5.74, 6) is 4.81. The number of rotatable bonds is 2. The Labute approximate surface area is 140 Å². The van der Waals surface area contributed by atoms with E-state index in [1.54, 1.807) is 30.1 Å². The lowest BCUT2D eigenvalue weighted by Crippen LogP contribution is -2.40. The van der Waals surface area contributed by atoms with Crippen molar-refractivity contribution in [3.05, 3.63) is 71.5 Å². The topological polar surface area (TPSA) is 40.5 Å². The Kier molecular flexibility index (Phi) is 4.64. The molecule has 1 N–H and O–H groups in total. The molecule has 0 saturated carbocycles. The molecule has 24 heavy (non-hydrogen) atoms. The number of aliphatic hydroxyl groups is 1. The van der Waals surface area contributed by atoms with Crippen LogP contribution in [0.4, 0.5) is 4.39 Å². The number of halogens is 1. The first kappa shape index (κ1) is 16.2. The second-order valence-corrected chi connectivity index (χ2v) is 5.91. The molecule has 0 aliphatic carbocycles. The Hall–Kier alpha value is -2.64. The third-order valence-corrected chi connectivity index (χ3v) is 4.43.